The molecule has 0 radical (unpaired) electrons. The third-order valence-corrected chi connectivity index (χ3v) is 7.33. The minimum atomic E-state index is -3.84. The molecule has 2 aliphatic rings. The molecule has 0 bridgehead atoms. The first-order valence-corrected chi connectivity index (χ1v) is 10.4. The van der Waals surface area contributed by atoms with E-state index in [0.29, 0.717) is 17.0 Å². The smallest absolute Gasteiger partial charge is 0.274 e. The first-order chi connectivity index (χ1) is 14.1. The molecule has 0 saturated carbocycles. The van der Waals surface area contributed by atoms with Gasteiger partial charge in [-0.05, 0) is 43.3 Å². The van der Waals surface area contributed by atoms with E-state index in [1.807, 2.05) is 0 Å². The predicted molar refractivity (Wildman–Crippen MR) is 108 cm³/mol. The number of nitrogens with zero attached hydrogens (tertiary/aromatic N) is 3. The molecular formula is C19H18FN5O4S. The fourth-order valence-corrected chi connectivity index (χ4v) is 5.12. The van der Waals surface area contributed by atoms with Gasteiger partial charge < -0.3 is 15.8 Å². The van der Waals surface area contributed by atoms with E-state index in [0.717, 1.165) is 16.6 Å². The van der Waals surface area contributed by atoms with Crippen molar-refractivity contribution in [2.24, 2.45) is 10.7 Å². The summed E-state index contributed by atoms with van der Waals surface area (Å²) in [6, 6.07) is 7.15. The van der Waals surface area contributed by atoms with E-state index in [4.69, 9.17) is 10.5 Å². The minimum Gasteiger partial charge on any atom is -0.465 e. The SMILES string of the molecule is CN1C(N)=N[C@]2(C)c3cc(NC(=O)c4ccc(F)cn4)ccc3OC=C[C@@H]2S1(=O)=O. The van der Waals surface area contributed by atoms with Gasteiger partial charge in [0.15, 0.2) is 0 Å². The zero-order valence-electron chi connectivity index (χ0n) is 16.0. The van der Waals surface area contributed by atoms with Gasteiger partial charge in [0.1, 0.15) is 28.0 Å². The van der Waals surface area contributed by atoms with Crippen molar-refractivity contribution in [3.8, 4) is 5.75 Å². The largest absolute Gasteiger partial charge is 0.465 e. The van der Waals surface area contributed by atoms with Gasteiger partial charge in [-0.15, -0.1) is 0 Å². The fraction of sp³-hybridized carbons (Fsp3) is 0.211. The van der Waals surface area contributed by atoms with Crippen molar-refractivity contribution >= 4 is 27.6 Å². The van der Waals surface area contributed by atoms with Crippen molar-refractivity contribution in [2.45, 2.75) is 17.7 Å². The number of guanidine groups is 1. The van der Waals surface area contributed by atoms with Crippen LogP contribution in [0.2, 0.25) is 0 Å². The molecule has 2 aromatic rings. The molecule has 2 atom stereocenters. The quantitative estimate of drug-likeness (QED) is 0.743. The summed E-state index contributed by atoms with van der Waals surface area (Å²) >= 11 is 0. The van der Waals surface area contributed by atoms with Gasteiger partial charge in [0.2, 0.25) is 16.0 Å². The van der Waals surface area contributed by atoms with Crippen LogP contribution in [0.5, 0.6) is 5.75 Å². The number of amides is 1. The first kappa shape index (κ1) is 19.8. The van der Waals surface area contributed by atoms with Crippen LogP contribution in [0.3, 0.4) is 0 Å². The van der Waals surface area contributed by atoms with Crippen LogP contribution in [0.15, 0.2) is 53.9 Å². The zero-order valence-corrected chi connectivity index (χ0v) is 16.9. The standard InChI is InChI=1S/C19H18FN5O4S/c1-19-13-9-12(23-17(26)14-5-3-11(20)10-22-14)4-6-15(13)29-8-7-16(19)30(27,28)25(2)18(21)24-19/h3-10,16H,1-2H3,(H2,21,24)(H,23,26)/t16-,19+/m0/s1. The molecule has 0 saturated heterocycles. The lowest BCUT2D eigenvalue weighted by Crippen LogP contribution is -2.55. The number of pyridine rings is 1. The van der Waals surface area contributed by atoms with Gasteiger partial charge in [0.05, 0.1) is 12.5 Å². The number of anilines is 1. The Morgan fingerprint density at radius 2 is 2.10 bits per heavy atom. The van der Waals surface area contributed by atoms with Crippen LogP contribution in [-0.4, -0.2) is 41.9 Å². The van der Waals surface area contributed by atoms with Crippen molar-refractivity contribution in [3.05, 3.63) is 65.9 Å². The number of ether oxygens (including phenoxy) is 1. The summed E-state index contributed by atoms with van der Waals surface area (Å²) in [5, 5.41) is 1.60. The molecule has 0 unspecified atom stereocenters. The molecule has 30 heavy (non-hydrogen) atoms. The summed E-state index contributed by atoms with van der Waals surface area (Å²) in [6.07, 6.45) is 3.66. The van der Waals surface area contributed by atoms with E-state index >= 15 is 0 Å². The number of sulfonamides is 1. The molecule has 1 aromatic heterocycles. The summed E-state index contributed by atoms with van der Waals surface area (Å²) < 4.78 is 45.5. The number of carbonyl (C=O) groups excluding carboxylic acids is 1. The summed E-state index contributed by atoms with van der Waals surface area (Å²) in [4.78, 5) is 20.6. The number of aliphatic imine (C=N–C) groups is 1. The van der Waals surface area contributed by atoms with E-state index in [1.54, 1.807) is 25.1 Å². The number of benzene rings is 1. The Morgan fingerprint density at radius 1 is 1.33 bits per heavy atom. The summed E-state index contributed by atoms with van der Waals surface area (Å²) in [6.45, 7) is 1.64. The molecule has 156 valence electrons. The maximum atomic E-state index is 13.0. The lowest BCUT2D eigenvalue weighted by Gasteiger charge is -2.39. The van der Waals surface area contributed by atoms with Gasteiger partial charge in [0.25, 0.3) is 5.91 Å². The molecule has 3 heterocycles. The maximum Gasteiger partial charge on any atom is 0.274 e. The van der Waals surface area contributed by atoms with E-state index in [-0.39, 0.29) is 11.7 Å². The molecule has 2 aliphatic heterocycles. The number of halogens is 1. The molecule has 9 nitrogen and oxygen atoms in total. The average Bonchev–Trinajstić information content (AvgIpc) is 2.84. The Labute approximate surface area is 172 Å². The van der Waals surface area contributed by atoms with Crippen molar-refractivity contribution in [3.63, 3.8) is 0 Å². The second-order valence-corrected chi connectivity index (χ2v) is 9.11. The number of nitrogens with two attached hydrogens (primary N) is 1. The highest BCUT2D eigenvalue weighted by molar-refractivity contribution is 7.90. The molecule has 11 heteroatoms. The Balaban J connectivity index is 1.77. The second-order valence-electron chi connectivity index (χ2n) is 7.02. The van der Waals surface area contributed by atoms with Crippen LogP contribution >= 0.6 is 0 Å². The lowest BCUT2D eigenvalue weighted by molar-refractivity contribution is 0.102. The fourth-order valence-electron chi connectivity index (χ4n) is 3.46. The lowest BCUT2D eigenvalue weighted by atomic mass is 9.88. The summed E-state index contributed by atoms with van der Waals surface area (Å²) in [5.41, 5.74) is 5.42. The summed E-state index contributed by atoms with van der Waals surface area (Å²) in [7, 11) is -2.51. The monoisotopic (exact) mass is 431 g/mol. The van der Waals surface area contributed by atoms with Crippen LogP contribution in [-0.2, 0) is 15.6 Å². The molecule has 0 aliphatic carbocycles. The number of carbonyl (C=O) groups is 1. The highest BCUT2D eigenvalue weighted by atomic mass is 32.2. The van der Waals surface area contributed by atoms with Gasteiger partial charge in [-0.25, -0.2) is 27.1 Å². The molecule has 0 fully saturated rings. The van der Waals surface area contributed by atoms with Crippen LogP contribution in [0.1, 0.15) is 23.0 Å². The molecular weight excluding hydrogens is 413 g/mol. The van der Waals surface area contributed by atoms with Gasteiger partial charge in [0, 0.05) is 18.3 Å². The minimum absolute atomic E-state index is 0.0254. The molecule has 1 amide bonds. The molecule has 4 rings (SSSR count). The number of fused-ring (bicyclic) bond motifs is 3. The zero-order chi connectivity index (χ0) is 21.7. The van der Waals surface area contributed by atoms with Crippen LogP contribution in [0, 0.1) is 5.82 Å². The Morgan fingerprint density at radius 3 is 2.80 bits per heavy atom. The van der Waals surface area contributed by atoms with Crippen LogP contribution in [0.4, 0.5) is 10.1 Å². The molecule has 3 N–H and O–H groups in total. The van der Waals surface area contributed by atoms with Gasteiger partial charge in [-0.3, -0.25) is 4.79 Å². The van der Waals surface area contributed by atoms with Crippen LogP contribution in [0.25, 0.3) is 0 Å². The molecule has 0 spiro atoms. The third-order valence-electron chi connectivity index (χ3n) is 5.12. The van der Waals surface area contributed by atoms with E-state index in [2.05, 4.69) is 15.3 Å². The van der Waals surface area contributed by atoms with Crippen molar-refractivity contribution in [1.82, 2.24) is 9.29 Å². The van der Waals surface area contributed by atoms with Crippen molar-refractivity contribution in [1.29, 1.82) is 0 Å². The van der Waals surface area contributed by atoms with E-state index in [9.17, 15) is 17.6 Å². The Kier molecular flexibility index (Phi) is 4.49. The molecule has 1 aromatic carbocycles. The second kappa shape index (κ2) is 6.80. The highest BCUT2D eigenvalue weighted by Gasteiger charge is 2.51. The number of hydrogen-bond donors (Lipinski definition) is 2. The average molecular weight is 431 g/mol. The van der Waals surface area contributed by atoms with Crippen molar-refractivity contribution in [2.75, 3.05) is 12.4 Å². The third kappa shape index (κ3) is 3.07. The topological polar surface area (TPSA) is 127 Å². The van der Waals surface area contributed by atoms with Gasteiger partial charge in [-0.1, -0.05) is 0 Å². The van der Waals surface area contributed by atoms with Crippen molar-refractivity contribution < 1.29 is 22.3 Å². The first-order valence-electron chi connectivity index (χ1n) is 8.87. The van der Waals surface area contributed by atoms with Gasteiger partial charge in [-0.2, -0.15) is 0 Å². The van der Waals surface area contributed by atoms with E-state index < -0.39 is 32.5 Å². The van der Waals surface area contributed by atoms with Crippen LogP contribution < -0.4 is 15.8 Å². The highest BCUT2D eigenvalue weighted by Crippen LogP contribution is 2.45. The number of rotatable bonds is 2. The number of hydrogen-bond acceptors (Lipinski definition) is 7. The van der Waals surface area contributed by atoms with E-state index in [1.165, 1.54) is 25.5 Å². The predicted octanol–water partition coefficient (Wildman–Crippen LogP) is 1.55. The number of nitrogens with one attached hydrogen (secondary N) is 1. The number of aromatic nitrogens is 1. The Hall–Kier alpha value is -3.47. The Bertz CT molecular complexity index is 1200. The normalized spacial score (nSPS) is 24.0. The van der Waals surface area contributed by atoms with Gasteiger partial charge >= 0.3 is 0 Å². The maximum absolute atomic E-state index is 13.0. The summed E-state index contributed by atoms with van der Waals surface area (Å²) in [5.74, 6) is -0.882.